The third kappa shape index (κ3) is 44.7. The van der Waals surface area contributed by atoms with Crippen molar-refractivity contribution in [3.05, 3.63) is 85.1 Å². The summed E-state index contributed by atoms with van der Waals surface area (Å²) in [4.78, 5) is 37.6. The molecule has 0 fully saturated rings. The van der Waals surface area contributed by atoms with Gasteiger partial charge in [0.2, 0.25) is 0 Å². The molecule has 0 aliphatic carbocycles. The molecule has 0 heterocycles. The maximum Gasteiger partial charge on any atom is 0.306 e. The van der Waals surface area contributed by atoms with E-state index in [2.05, 4.69) is 86.8 Å². The highest BCUT2D eigenvalue weighted by molar-refractivity contribution is 7.45. The van der Waals surface area contributed by atoms with Gasteiger partial charge >= 0.3 is 11.9 Å². The van der Waals surface area contributed by atoms with Gasteiger partial charge in [-0.25, -0.2) is 0 Å². The van der Waals surface area contributed by atoms with E-state index >= 15 is 0 Å². The molecule has 0 rings (SSSR count). The van der Waals surface area contributed by atoms with Gasteiger partial charge < -0.3 is 27.9 Å². The van der Waals surface area contributed by atoms with E-state index in [4.69, 9.17) is 18.5 Å². The van der Waals surface area contributed by atoms with Crippen molar-refractivity contribution in [2.24, 2.45) is 0 Å². The summed E-state index contributed by atoms with van der Waals surface area (Å²) < 4.78 is 33.8. The molecule has 0 bridgehead atoms. The van der Waals surface area contributed by atoms with Crippen molar-refractivity contribution in [3.63, 3.8) is 0 Å². The van der Waals surface area contributed by atoms with Crippen LogP contribution in [0.15, 0.2) is 85.1 Å². The van der Waals surface area contributed by atoms with Crippen molar-refractivity contribution in [2.75, 3.05) is 47.5 Å². The molecule has 0 amide bonds. The number of esters is 2. The number of nitrogens with zero attached hydrogens (tertiary/aromatic N) is 1. The first kappa shape index (κ1) is 57.2. The number of carbonyl (C=O) groups is 2. The van der Waals surface area contributed by atoms with Gasteiger partial charge in [0, 0.05) is 12.8 Å². The van der Waals surface area contributed by atoms with Crippen LogP contribution in [-0.2, 0) is 32.7 Å². The lowest BCUT2D eigenvalue weighted by molar-refractivity contribution is -0.870. The molecule has 0 N–H and O–H groups in total. The van der Waals surface area contributed by atoms with Crippen LogP contribution in [0.25, 0.3) is 0 Å². The topological polar surface area (TPSA) is 111 Å². The number of rotatable bonds is 41. The van der Waals surface area contributed by atoms with Gasteiger partial charge in [-0.15, -0.1) is 0 Å². The maximum atomic E-state index is 12.7. The van der Waals surface area contributed by atoms with Gasteiger partial charge in [-0.05, 0) is 77.0 Å². The van der Waals surface area contributed by atoms with E-state index in [9.17, 15) is 19.0 Å². The van der Waals surface area contributed by atoms with E-state index < -0.39 is 32.5 Å². The van der Waals surface area contributed by atoms with Gasteiger partial charge in [0.1, 0.15) is 19.8 Å². The fourth-order valence-corrected chi connectivity index (χ4v) is 6.52. The second-order valence-corrected chi connectivity index (χ2v) is 17.8. The van der Waals surface area contributed by atoms with Crippen molar-refractivity contribution in [2.45, 2.75) is 174 Å². The average molecular weight is 860 g/mol. The lowest BCUT2D eigenvalue weighted by Gasteiger charge is -2.28. The van der Waals surface area contributed by atoms with E-state index in [0.717, 1.165) is 64.2 Å². The Bertz CT molecular complexity index is 1290. The highest BCUT2D eigenvalue weighted by Gasteiger charge is 2.21. The third-order valence-electron chi connectivity index (χ3n) is 9.41. The van der Waals surface area contributed by atoms with Crippen molar-refractivity contribution in [1.82, 2.24) is 0 Å². The van der Waals surface area contributed by atoms with Crippen LogP contribution in [0, 0.1) is 0 Å². The first-order valence-corrected chi connectivity index (χ1v) is 24.8. The molecule has 60 heavy (non-hydrogen) atoms. The predicted octanol–water partition coefficient (Wildman–Crippen LogP) is 12.9. The number of phosphoric ester groups is 1. The molecule has 0 saturated carbocycles. The lowest BCUT2D eigenvalue weighted by atomic mass is 10.1. The molecular formula is C50H86NO8P. The Hall–Kier alpha value is -2.81. The SMILES string of the molecule is CC/C=C\C/C=C\C/C=C\C/C=C\C/C=C\C/C=C\CCC(=O)O[C@H](COC(=O)CCCCCCCCC/C=C\CCCCCCCC)COP(=O)([O-])OCC[N+](C)(C)C. The molecule has 0 spiro atoms. The summed E-state index contributed by atoms with van der Waals surface area (Å²) in [6.45, 7) is 4.00. The number of hydrogen-bond donors (Lipinski definition) is 0. The molecule has 0 aliphatic heterocycles. The van der Waals surface area contributed by atoms with Crippen LogP contribution in [0.4, 0.5) is 0 Å². The Morgan fingerprint density at radius 2 is 0.983 bits per heavy atom. The summed E-state index contributed by atoms with van der Waals surface area (Å²) >= 11 is 0. The zero-order valence-corrected chi connectivity index (χ0v) is 39.5. The number of phosphoric acid groups is 1. The van der Waals surface area contributed by atoms with Crippen LogP contribution in [-0.4, -0.2) is 70.0 Å². The van der Waals surface area contributed by atoms with E-state index in [1.807, 2.05) is 33.3 Å². The van der Waals surface area contributed by atoms with Crippen LogP contribution in [0.2, 0.25) is 0 Å². The molecule has 0 aliphatic rings. The van der Waals surface area contributed by atoms with E-state index in [1.165, 1.54) is 64.2 Å². The van der Waals surface area contributed by atoms with E-state index in [1.54, 1.807) is 0 Å². The second kappa shape index (κ2) is 41.5. The molecule has 1 unspecified atom stereocenters. The number of hydrogen-bond acceptors (Lipinski definition) is 8. The summed E-state index contributed by atoms with van der Waals surface area (Å²) in [5, 5.41) is 0. The zero-order valence-electron chi connectivity index (χ0n) is 38.6. The first-order chi connectivity index (χ1) is 29.0. The Balaban J connectivity index is 4.47. The van der Waals surface area contributed by atoms with Gasteiger partial charge in [-0.2, -0.15) is 0 Å². The summed E-state index contributed by atoms with van der Waals surface area (Å²) in [5.74, 6) is -0.943. The number of carbonyl (C=O) groups excluding carboxylic acids is 2. The minimum Gasteiger partial charge on any atom is -0.756 e. The van der Waals surface area contributed by atoms with Gasteiger partial charge in [0.25, 0.3) is 7.82 Å². The molecule has 0 saturated heterocycles. The van der Waals surface area contributed by atoms with E-state index in [0.29, 0.717) is 23.9 Å². The van der Waals surface area contributed by atoms with Gasteiger partial charge in [0.15, 0.2) is 6.10 Å². The quantitative estimate of drug-likeness (QED) is 0.0196. The Morgan fingerprint density at radius 3 is 1.48 bits per heavy atom. The minimum absolute atomic E-state index is 0.0492. The second-order valence-electron chi connectivity index (χ2n) is 16.4. The normalized spacial score (nSPS) is 14.3. The molecule has 0 radical (unpaired) electrons. The van der Waals surface area contributed by atoms with Crippen LogP contribution in [0.5, 0.6) is 0 Å². The monoisotopic (exact) mass is 860 g/mol. The third-order valence-corrected chi connectivity index (χ3v) is 10.4. The summed E-state index contributed by atoms with van der Waals surface area (Å²) in [6, 6.07) is 0. The number of quaternary nitrogens is 1. The van der Waals surface area contributed by atoms with Crippen LogP contribution in [0.3, 0.4) is 0 Å². The fourth-order valence-electron chi connectivity index (χ4n) is 5.79. The highest BCUT2D eigenvalue weighted by atomic mass is 31.2. The Morgan fingerprint density at radius 1 is 0.533 bits per heavy atom. The van der Waals surface area contributed by atoms with Crippen molar-refractivity contribution in [3.8, 4) is 0 Å². The van der Waals surface area contributed by atoms with Crippen molar-refractivity contribution >= 4 is 19.8 Å². The summed E-state index contributed by atoms with van der Waals surface area (Å²) in [6.07, 6.45) is 53.4. The maximum absolute atomic E-state index is 12.7. The van der Waals surface area contributed by atoms with E-state index in [-0.39, 0.29) is 26.1 Å². The van der Waals surface area contributed by atoms with Crippen LogP contribution in [0.1, 0.15) is 168 Å². The Kier molecular flexibility index (Phi) is 39.6. The number of unbranched alkanes of at least 4 members (excludes halogenated alkanes) is 13. The lowest BCUT2D eigenvalue weighted by Crippen LogP contribution is -2.37. The van der Waals surface area contributed by atoms with Crippen LogP contribution >= 0.6 is 7.82 Å². The molecule has 0 aromatic rings. The largest absolute Gasteiger partial charge is 0.756 e. The zero-order chi connectivity index (χ0) is 44.3. The number of ether oxygens (including phenoxy) is 2. The van der Waals surface area contributed by atoms with Crippen LogP contribution < -0.4 is 4.89 Å². The molecule has 9 nitrogen and oxygen atoms in total. The molecule has 0 aromatic carbocycles. The number of likely N-dealkylation sites (N-methyl/N-ethyl adjacent to an activating group) is 1. The molecule has 2 atom stereocenters. The summed E-state index contributed by atoms with van der Waals surface area (Å²) in [5.41, 5.74) is 0. The molecule has 0 aromatic heterocycles. The smallest absolute Gasteiger partial charge is 0.306 e. The Labute approximate surface area is 367 Å². The van der Waals surface area contributed by atoms with Gasteiger partial charge in [0.05, 0.1) is 27.7 Å². The highest BCUT2D eigenvalue weighted by Crippen LogP contribution is 2.38. The van der Waals surface area contributed by atoms with Crippen molar-refractivity contribution in [1.29, 1.82) is 0 Å². The molecule has 10 heteroatoms. The summed E-state index contributed by atoms with van der Waals surface area (Å²) in [7, 11) is 1.10. The standard InChI is InChI=1S/C50H86NO8P/c1-6-8-10-12-14-16-18-20-22-24-25-27-29-31-33-35-37-39-41-43-50(53)59-48(47-58-60(54,55)57-45-44-51(3,4)5)46-56-49(52)42-40-38-36-34-32-30-28-26-23-21-19-17-15-13-11-9-7-2/h8,10,14,16,20-23,25,27,31,33,37,39,48H,6-7,9,11-13,15,17-19,24,26,28-30,32,34-36,38,40-47H2,1-5H3/b10-8-,16-14-,22-20-,23-21-,27-25-,33-31-,39-37-/t48-/m1/s1. The molecular weight excluding hydrogens is 774 g/mol. The number of allylic oxidation sites excluding steroid dienone is 14. The predicted molar refractivity (Wildman–Crippen MR) is 249 cm³/mol. The van der Waals surface area contributed by atoms with Crippen molar-refractivity contribution < 1.29 is 42.1 Å². The average Bonchev–Trinajstić information content (AvgIpc) is 3.20. The van der Waals surface area contributed by atoms with Gasteiger partial charge in [-0.3, -0.25) is 14.2 Å². The fraction of sp³-hybridized carbons (Fsp3) is 0.680. The minimum atomic E-state index is -4.65. The van der Waals surface area contributed by atoms with Gasteiger partial charge in [-0.1, -0.05) is 163 Å². The molecule has 344 valence electrons. The first-order valence-electron chi connectivity index (χ1n) is 23.3.